The summed E-state index contributed by atoms with van der Waals surface area (Å²) in [7, 11) is 1.72. The minimum atomic E-state index is -1.27. The predicted molar refractivity (Wildman–Crippen MR) is 256 cm³/mol. The minimum absolute atomic E-state index is 0.0234. The average Bonchev–Trinajstić information content (AvgIpc) is 3.19. The second-order valence-electron chi connectivity index (χ2n) is 20.2. The summed E-state index contributed by atoms with van der Waals surface area (Å²) in [5.41, 5.74) is 5.62. The number of nitrogens with one attached hydrogen (secondary N) is 5. The second-order valence-corrected chi connectivity index (χ2v) is 20.2. The molecule has 0 heterocycles. The summed E-state index contributed by atoms with van der Waals surface area (Å²) in [5.74, 6) is -7.39. The molecule has 0 radical (unpaired) electrons. The number of carbonyl (C=O) groups is 8. The van der Waals surface area contributed by atoms with Crippen LogP contribution in [-0.2, 0) is 38.4 Å². The van der Waals surface area contributed by atoms with Gasteiger partial charge in [0.15, 0.2) is 17.3 Å². The van der Waals surface area contributed by atoms with Gasteiger partial charge >= 0.3 is 0 Å². The van der Waals surface area contributed by atoms with Gasteiger partial charge in [-0.2, -0.15) is 0 Å². The molecule has 0 aromatic rings. The maximum atomic E-state index is 14.0. The van der Waals surface area contributed by atoms with E-state index in [9.17, 15) is 38.4 Å². The van der Waals surface area contributed by atoms with Gasteiger partial charge in [-0.05, 0) is 49.0 Å². The summed E-state index contributed by atoms with van der Waals surface area (Å²) >= 11 is 0. The lowest BCUT2D eigenvalue weighted by atomic mass is 9.83. The molecule has 0 spiro atoms. The van der Waals surface area contributed by atoms with Gasteiger partial charge in [0, 0.05) is 43.6 Å². The lowest BCUT2D eigenvalue weighted by Gasteiger charge is -2.30. The number of hydrogen-bond acceptors (Lipinski definition) is 9. The van der Waals surface area contributed by atoms with E-state index >= 15 is 0 Å². The number of ketones is 3. The van der Waals surface area contributed by atoms with Crippen LogP contribution in [0.4, 0.5) is 0 Å². The number of likely N-dealkylation sites (N-methyl/N-ethyl adjacent to an activating group) is 1. The SMILES string of the molecule is CCCCCCCCCCCCNC(=O)C[C@H](NC(=O)[C@@H](CC(=O)[C@@H](NC(=O)[C@@H](CC(=O)[C@@H](NC(=O)[C@@H](CC(=O)[C@@H](NC)C(C)C)C(C)C)C(C)C)C(C)C)C(C)C)C(C)C)C(N)=O. The van der Waals surface area contributed by atoms with Crippen molar-refractivity contribution in [3.63, 3.8) is 0 Å². The first-order valence-corrected chi connectivity index (χ1v) is 24.6. The molecule has 14 heteroatoms. The molecule has 0 saturated carbocycles. The average molecular weight is 905 g/mol. The predicted octanol–water partition coefficient (Wildman–Crippen LogP) is 6.60. The lowest BCUT2D eigenvalue weighted by molar-refractivity contribution is -0.138. The Labute approximate surface area is 387 Å². The van der Waals surface area contributed by atoms with Crippen LogP contribution in [0, 0.1) is 53.3 Å². The van der Waals surface area contributed by atoms with Gasteiger partial charge < -0.3 is 32.3 Å². The van der Waals surface area contributed by atoms with E-state index in [2.05, 4.69) is 33.5 Å². The molecule has 14 nitrogen and oxygen atoms in total. The molecule has 0 saturated heterocycles. The molecule has 64 heavy (non-hydrogen) atoms. The standard InChI is InChI=1S/C50H92N6O8/c1-15-16-17-18-19-20-21-22-23-24-25-53-43(60)29-39(47(51)61)54-48(62)36(30(2)3)27-41(58)45(34(10)11)56-50(64)38(32(6)7)28-42(59)46(35(12)13)55-49(63)37(31(4)5)26-40(57)44(52-14)33(8)9/h30-39,44-46,52H,15-29H2,1-14H3,(H2,51,61)(H,53,60)(H,54,62)(H,55,63)(H,56,64)/t36-,37-,38-,39-,44-,45-,46-/m0/s1. The zero-order valence-electron chi connectivity index (χ0n) is 42.5. The van der Waals surface area contributed by atoms with Crippen LogP contribution in [0.1, 0.15) is 180 Å². The lowest BCUT2D eigenvalue weighted by Crippen LogP contribution is -2.52. The normalized spacial score (nSPS) is 15.1. The highest BCUT2D eigenvalue weighted by molar-refractivity contribution is 5.97. The number of primary amides is 1. The molecular formula is C50H92N6O8. The van der Waals surface area contributed by atoms with Gasteiger partial charge in [0.25, 0.3) is 0 Å². The van der Waals surface area contributed by atoms with Crippen molar-refractivity contribution in [3.05, 3.63) is 0 Å². The van der Waals surface area contributed by atoms with E-state index in [-0.39, 0.29) is 72.8 Å². The molecule has 0 aliphatic carbocycles. The molecule has 0 aromatic carbocycles. The Balaban J connectivity index is 5.71. The third-order valence-electron chi connectivity index (χ3n) is 12.5. The Morgan fingerprint density at radius 3 is 1.06 bits per heavy atom. The molecule has 0 aliphatic heterocycles. The zero-order chi connectivity index (χ0) is 49.3. The van der Waals surface area contributed by atoms with E-state index in [1.165, 1.54) is 44.9 Å². The van der Waals surface area contributed by atoms with E-state index < -0.39 is 77.2 Å². The first-order chi connectivity index (χ1) is 29.9. The summed E-state index contributed by atoms with van der Waals surface area (Å²) < 4.78 is 0. The van der Waals surface area contributed by atoms with Crippen LogP contribution in [0.5, 0.6) is 0 Å². The van der Waals surface area contributed by atoms with Crippen LogP contribution in [-0.4, -0.2) is 84.6 Å². The van der Waals surface area contributed by atoms with Crippen molar-refractivity contribution in [2.75, 3.05) is 13.6 Å². The number of rotatable bonds is 36. The number of hydrogen-bond donors (Lipinski definition) is 6. The van der Waals surface area contributed by atoms with Crippen molar-refractivity contribution in [2.24, 2.45) is 59.0 Å². The molecule has 7 atom stereocenters. The van der Waals surface area contributed by atoms with Gasteiger partial charge in [0.1, 0.15) is 6.04 Å². The third kappa shape index (κ3) is 23.0. The van der Waals surface area contributed by atoms with E-state index in [0.29, 0.717) is 6.54 Å². The minimum Gasteiger partial charge on any atom is -0.368 e. The van der Waals surface area contributed by atoms with E-state index in [1.54, 1.807) is 34.7 Å². The second kappa shape index (κ2) is 32.1. The zero-order valence-corrected chi connectivity index (χ0v) is 42.5. The summed E-state index contributed by atoms with van der Waals surface area (Å²) in [6.07, 6.45) is 10.9. The number of Topliss-reactive ketones (excluding diaryl/α,β-unsaturated/α-hetero) is 3. The summed E-state index contributed by atoms with van der Waals surface area (Å²) in [6.45, 7) is 24.6. The van der Waals surface area contributed by atoms with Gasteiger partial charge in [-0.1, -0.05) is 148 Å². The van der Waals surface area contributed by atoms with E-state index in [4.69, 9.17) is 5.73 Å². The number of amides is 5. The Morgan fingerprint density at radius 2 is 0.750 bits per heavy atom. The van der Waals surface area contributed by atoms with Crippen molar-refractivity contribution in [2.45, 2.75) is 204 Å². The summed E-state index contributed by atoms with van der Waals surface area (Å²) in [5, 5.41) is 14.3. The van der Waals surface area contributed by atoms with Gasteiger partial charge in [-0.15, -0.1) is 0 Å². The Bertz CT molecular complexity index is 1460. The molecule has 7 N–H and O–H groups in total. The van der Waals surface area contributed by atoms with Crippen LogP contribution < -0.4 is 32.3 Å². The Morgan fingerprint density at radius 1 is 0.422 bits per heavy atom. The molecule has 0 fully saturated rings. The molecule has 0 aliphatic rings. The highest BCUT2D eigenvalue weighted by Crippen LogP contribution is 2.24. The smallest absolute Gasteiger partial charge is 0.240 e. The van der Waals surface area contributed by atoms with Crippen molar-refractivity contribution in [1.29, 1.82) is 0 Å². The highest BCUT2D eigenvalue weighted by atomic mass is 16.2. The van der Waals surface area contributed by atoms with Gasteiger partial charge in [0.05, 0.1) is 24.5 Å². The Kier molecular flexibility index (Phi) is 30.2. The number of carbonyl (C=O) groups excluding carboxylic acids is 8. The fraction of sp³-hybridized carbons (Fsp3) is 0.840. The van der Waals surface area contributed by atoms with Crippen LogP contribution in [0.25, 0.3) is 0 Å². The fourth-order valence-electron chi connectivity index (χ4n) is 8.15. The maximum absolute atomic E-state index is 14.0. The largest absolute Gasteiger partial charge is 0.368 e. The monoisotopic (exact) mass is 905 g/mol. The number of nitrogens with two attached hydrogens (primary N) is 1. The molecule has 370 valence electrons. The van der Waals surface area contributed by atoms with Gasteiger partial charge in [-0.3, -0.25) is 38.4 Å². The molecule has 0 bridgehead atoms. The fourth-order valence-corrected chi connectivity index (χ4v) is 8.15. The van der Waals surface area contributed by atoms with Crippen molar-refractivity contribution in [1.82, 2.24) is 26.6 Å². The van der Waals surface area contributed by atoms with Crippen molar-refractivity contribution in [3.8, 4) is 0 Å². The molecule has 0 unspecified atom stereocenters. The number of unbranched alkanes of at least 4 members (excludes halogenated alkanes) is 9. The molecule has 0 aromatic heterocycles. The highest BCUT2D eigenvalue weighted by Gasteiger charge is 2.38. The van der Waals surface area contributed by atoms with Crippen molar-refractivity contribution < 1.29 is 38.4 Å². The van der Waals surface area contributed by atoms with Crippen molar-refractivity contribution >= 4 is 46.9 Å². The summed E-state index contributed by atoms with van der Waals surface area (Å²) in [4.78, 5) is 107. The van der Waals surface area contributed by atoms with Crippen LogP contribution in [0.3, 0.4) is 0 Å². The van der Waals surface area contributed by atoms with E-state index in [1.807, 2.05) is 55.4 Å². The third-order valence-corrected chi connectivity index (χ3v) is 12.5. The maximum Gasteiger partial charge on any atom is 0.240 e. The van der Waals surface area contributed by atoms with E-state index in [0.717, 1.165) is 19.3 Å². The quantitative estimate of drug-likeness (QED) is 0.0372. The van der Waals surface area contributed by atoms with Gasteiger partial charge in [0.2, 0.25) is 29.5 Å². The molecule has 5 amide bonds. The first kappa shape index (κ1) is 60.3. The topological polar surface area (TPSA) is 223 Å². The molecule has 0 rings (SSSR count). The van der Waals surface area contributed by atoms with Crippen LogP contribution in [0.15, 0.2) is 0 Å². The Hall–Kier alpha value is -3.68. The van der Waals surface area contributed by atoms with Crippen LogP contribution in [0.2, 0.25) is 0 Å². The van der Waals surface area contributed by atoms with Crippen LogP contribution >= 0.6 is 0 Å². The molecular weight excluding hydrogens is 813 g/mol. The first-order valence-electron chi connectivity index (χ1n) is 24.6. The van der Waals surface area contributed by atoms with Gasteiger partial charge in [-0.25, -0.2) is 0 Å². The summed E-state index contributed by atoms with van der Waals surface area (Å²) in [6, 6.07) is -3.57.